The van der Waals surface area contributed by atoms with E-state index < -0.39 is 0 Å². The molecule has 0 aliphatic carbocycles. The van der Waals surface area contributed by atoms with Gasteiger partial charge in [-0.25, -0.2) is 4.98 Å². The van der Waals surface area contributed by atoms with Gasteiger partial charge in [0.25, 0.3) is 5.91 Å². The molecule has 1 aromatic carbocycles. The summed E-state index contributed by atoms with van der Waals surface area (Å²) in [7, 11) is 0. The standard InChI is InChI=1S/C20H19BrN4O3S/c21-15-3-5-16(6-4-15)25-8-7-22-20(25)29-14-18(26)23-9-11-24(12-10-23)19(27)17-2-1-13-28-17/h1-8,13H,9-12,14H2. The lowest BCUT2D eigenvalue weighted by molar-refractivity contribution is -0.129. The van der Waals surface area contributed by atoms with E-state index in [1.807, 2.05) is 35.0 Å². The van der Waals surface area contributed by atoms with Gasteiger partial charge in [0.1, 0.15) is 0 Å². The van der Waals surface area contributed by atoms with E-state index in [1.165, 1.54) is 18.0 Å². The summed E-state index contributed by atoms with van der Waals surface area (Å²) in [5, 5.41) is 0.771. The zero-order chi connectivity index (χ0) is 20.2. The Kier molecular flexibility index (Phi) is 6.05. The van der Waals surface area contributed by atoms with Crippen molar-refractivity contribution in [3.8, 4) is 5.69 Å². The quantitative estimate of drug-likeness (QED) is 0.530. The number of thioether (sulfide) groups is 1. The van der Waals surface area contributed by atoms with Crippen molar-refractivity contribution in [2.24, 2.45) is 0 Å². The third-order valence-corrected chi connectivity index (χ3v) is 6.17. The molecule has 29 heavy (non-hydrogen) atoms. The molecule has 1 fully saturated rings. The molecule has 1 aliphatic heterocycles. The summed E-state index contributed by atoms with van der Waals surface area (Å²) >= 11 is 4.85. The van der Waals surface area contributed by atoms with Crippen LogP contribution < -0.4 is 0 Å². The second-order valence-electron chi connectivity index (χ2n) is 6.50. The SMILES string of the molecule is O=C(CSc1nccn1-c1ccc(Br)cc1)N1CCN(C(=O)c2ccco2)CC1. The van der Waals surface area contributed by atoms with E-state index in [1.54, 1.807) is 28.1 Å². The van der Waals surface area contributed by atoms with Gasteiger partial charge in [-0.05, 0) is 36.4 Å². The Hall–Kier alpha value is -2.52. The molecule has 7 nitrogen and oxygen atoms in total. The molecule has 0 unspecified atom stereocenters. The van der Waals surface area contributed by atoms with Gasteiger partial charge in [0.05, 0.1) is 12.0 Å². The minimum absolute atomic E-state index is 0.0467. The van der Waals surface area contributed by atoms with E-state index in [2.05, 4.69) is 20.9 Å². The predicted molar refractivity (Wildman–Crippen MR) is 113 cm³/mol. The van der Waals surface area contributed by atoms with Crippen LogP contribution in [0.25, 0.3) is 5.69 Å². The molecule has 0 saturated carbocycles. The van der Waals surface area contributed by atoms with Crippen LogP contribution in [0.1, 0.15) is 10.6 Å². The van der Waals surface area contributed by atoms with Gasteiger partial charge < -0.3 is 14.2 Å². The van der Waals surface area contributed by atoms with Crippen molar-refractivity contribution in [3.63, 3.8) is 0 Å². The maximum atomic E-state index is 12.6. The lowest BCUT2D eigenvalue weighted by Crippen LogP contribution is -2.51. The highest BCUT2D eigenvalue weighted by molar-refractivity contribution is 9.10. The summed E-state index contributed by atoms with van der Waals surface area (Å²) in [6, 6.07) is 11.3. The van der Waals surface area contributed by atoms with Crippen molar-refractivity contribution in [1.29, 1.82) is 0 Å². The Bertz CT molecular complexity index is 980. The predicted octanol–water partition coefficient (Wildman–Crippen LogP) is 3.30. The van der Waals surface area contributed by atoms with Crippen LogP contribution in [0.15, 0.2) is 69.1 Å². The molecule has 9 heteroatoms. The molecular weight excluding hydrogens is 456 g/mol. The number of nitrogens with zero attached hydrogens (tertiary/aromatic N) is 4. The number of carbonyl (C=O) groups is 2. The third-order valence-electron chi connectivity index (χ3n) is 4.69. The van der Waals surface area contributed by atoms with E-state index >= 15 is 0 Å². The van der Waals surface area contributed by atoms with Gasteiger partial charge in [0.15, 0.2) is 10.9 Å². The van der Waals surface area contributed by atoms with E-state index in [0.717, 1.165) is 15.3 Å². The first-order valence-electron chi connectivity index (χ1n) is 9.14. The molecule has 2 aromatic heterocycles. The number of hydrogen-bond acceptors (Lipinski definition) is 5. The average molecular weight is 475 g/mol. The first-order chi connectivity index (χ1) is 14.1. The van der Waals surface area contributed by atoms with Crippen LogP contribution in [-0.4, -0.2) is 63.1 Å². The molecule has 3 heterocycles. The van der Waals surface area contributed by atoms with E-state index in [9.17, 15) is 9.59 Å². The molecule has 0 bridgehead atoms. The van der Waals surface area contributed by atoms with Gasteiger partial charge in [-0.2, -0.15) is 0 Å². The van der Waals surface area contributed by atoms with Crippen molar-refractivity contribution in [2.45, 2.75) is 5.16 Å². The maximum absolute atomic E-state index is 12.6. The van der Waals surface area contributed by atoms with E-state index in [4.69, 9.17) is 4.42 Å². The smallest absolute Gasteiger partial charge is 0.289 e. The fraction of sp³-hybridized carbons (Fsp3) is 0.250. The Labute approximate surface area is 180 Å². The highest BCUT2D eigenvalue weighted by Crippen LogP contribution is 2.22. The zero-order valence-corrected chi connectivity index (χ0v) is 17.9. The lowest BCUT2D eigenvalue weighted by Gasteiger charge is -2.34. The summed E-state index contributed by atoms with van der Waals surface area (Å²) in [4.78, 5) is 32.8. The number of aromatic nitrogens is 2. The van der Waals surface area contributed by atoms with Crippen LogP contribution in [0.3, 0.4) is 0 Å². The average Bonchev–Trinajstić information content (AvgIpc) is 3.44. The molecule has 1 saturated heterocycles. The molecule has 0 N–H and O–H groups in total. The molecular formula is C20H19BrN4O3S. The monoisotopic (exact) mass is 474 g/mol. The first kappa shape index (κ1) is 19.8. The van der Waals surface area contributed by atoms with Crippen LogP contribution >= 0.6 is 27.7 Å². The van der Waals surface area contributed by atoms with Crippen molar-refractivity contribution < 1.29 is 14.0 Å². The number of furan rings is 1. The molecule has 150 valence electrons. The number of benzene rings is 1. The molecule has 0 radical (unpaired) electrons. The van der Waals surface area contributed by atoms with E-state index in [-0.39, 0.29) is 11.8 Å². The highest BCUT2D eigenvalue weighted by Gasteiger charge is 2.26. The van der Waals surface area contributed by atoms with Crippen molar-refractivity contribution in [3.05, 3.63) is 65.3 Å². The first-order valence-corrected chi connectivity index (χ1v) is 10.9. The van der Waals surface area contributed by atoms with Crippen molar-refractivity contribution in [1.82, 2.24) is 19.4 Å². The van der Waals surface area contributed by atoms with Crippen LogP contribution in [-0.2, 0) is 4.79 Å². The second kappa shape index (κ2) is 8.87. The normalized spacial score (nSPS) is 14.2. The summed E-state index contributed by atoms with van der Waals surface area (Å²) in [5.41, 5.74) is 0.991. The van der Waals surface area contributed by atoms with Crippen LogP contribution in [0, 0.1) is 0 Å². The summed E-state index contributed by atoms with van der Waals surface area (Å²) in [6.07, 6.45) is 5.10. The number of halogens is 1. The second-order valence-corrected chi connectivity index (χ2v) is 8.35. The fourth-order valence-electron chi connectivity index (χ4n) is 3.13. The minimum Gasteiger partial charge on any atom is -0.459 e. The maximum Gasteiger partial charge on any atom is 0.289 e. The van der Waals surface area contributed by atoms with Gasteiger partial charge in [0, 0.05) is 48.7 Å². The van der Waals surface area contributed by atoms with Gasteiger partial charge in [-0.1, -0.05) is 27.7 Å². The van der Waals surface area contributed by atoms with Crippen LogP contribution in [0.2, 0.25) is 0 Å². The van der Waals surface area contributed by atoms with Gasteiger partial charge in [0.2, 0.25) is 5.91 Å². The molecule has 0 atom stereocenters. The zero-order valence-electron chi connectivity index (χ0n) is 15.5. The van der Waals surface area contributed by atoms with Crippen molar-refractivity contribution in [2.75, 3.05) is 31.9 Å². The molecule has 3 aromatic rings. The molecule has 4 rings (SSSR count). The molecule has 2 amide bonds. The summed E-state index contributed by atoms with van der Waals surface area (Å²) < 4.78 is 8.14. The minimum atomic E-state index is -0.131. The summed E-state index contributed by atoms with van der Waals surface area (Å²) in [5.74, 6) is 0.554. The van der Waals surface area contributed by atoms with Gasteiger partial charge in [-0.3, -0.25) is 14.2 Å². The number of piperazine rings is 1. The van der Waals surface area contributed by atoms with Crippen molar-refractivity contribution >= 4 is 39.5 Å². The summed E-state index contributed by atoms with van der Waals surface area (Å²) in [6.45, 7) is 2.05. The number of carbonyl (C=O) groups excluding carboxylic acids is 2. The Morgan fingerprint density at radius 2 is 1.79 bits per heavy atom. The van der Waals surface area contributed by atoms with Crippen LogP contribution in [0.5, 0.6) is 0 Å². The molecule has 0 spiro atoms. The lowest BCUT2D eigenvalue weighted by atomic mass is 10.3. The number of amides is 2. The highest BCUT2D eigenvalue weighted by atomic mass is 79.9. The Morgan fingerprint density at radius 1 is 1.07 bits per heavy atom. The van der Waals surface area contributed by atoms with Gasteiger partial charge in [-0.15, -0.1) is 0 Å². The number of imidazole rings is 1. The Balaban J connectivity index is 1.31. The largest absolute Gasteiger partial charge is 0.459 e. The fourth-order valence-corrected chi connectivity index (χ4v) is 4.27. The topological polar surface area (TPSA) is 71.6 Å². The van der Waals surface area contributed by atoms with Crippen LogP contribution in [0.4, 0.5) is 0 Å². The van der Waals surface area contributed by atoms with E-state index in [0.29, 0.717) is 37.7 Å². The Morgan fingerprint density at radius 3 is 2.48 bits per heavy atom. The number of hydrogen-bond donors (Lipinski definition) is 0. The third kappa shape index (κ3) is 4.56. The molecule has 1 aliphatic rings. The number of rotatable bonds is 5. The van der Waals surface area contributed by atoms with Gasteiger partial charge >= 0.3 is 0 Å².